The molecule has 0 spiro atoms. The zero-order chi connectivity index (χ0) is 16.3. The average Bonchev–Trinajstić information content (AvgIpc) is 3.03. The van der Waals surface area contributed by atoms with Crippen LogP contribution in [0, 0.1) is 0 Å². The maximum absolute atomic E-state index is 12.3. The normalized spacial score (nSPS) is 17.9. The van der Waals surface area contributed by atoms with Gasteiger partial charge >= 0.3 is 6.36 Å². The van der Waals surface area contributed by atoms with Crippen molar-refractivity contribution in [2.24, 2.45) is 0 Å². The average molecular weight is 342 g/mol. The first kappa shape index (κ1) is 16.3. The van der Waals surface area contributed by atoms with E-state index in [1.165, 1.54) is 17.0 Å². The summed E-state index contributed by atoms with van der Waals surface area (Å²) in [5.74, 6) is -0.188. The third-order valence-electron chi connectivity index (χ3n) is 3.76. The highest BCUT2D eigenvalue weighted by Crippen LogP contribution is 2.33. The third-order valence-corrected chi connectivity index (χ3v) is 4.68. The van der Waals surface area contributed by atoms with Gasteiger partial charge < -0.3 is 10.1 Å². The van der Waals surface area contributed by atoms with Crippen molar-refractivity contribution >= 4 is 11.3 Å². The summed E-state index contributed by atoms with van der Waals surface area (Å²) in [6.07, 6.45) is -4.66. The van der Waals surface area contributed by atoms with Gasteiger partial charge in [0, 0.05) is 31.1 Å². The lowest BCUT2D eigenvalue weighted by molar-refractivity contribution is -0.274. The fraction of sp³-hybridized carbons (Fsp3) is 0.375. The maximum atomic E-state index is 12.3. The van der Waals surface area contributed by atoms with E-state index in [2.05, 4.69) is 21.0 Å². The highest BCUT2D eigenvalue weighted by molar-refractivity contribution is 7.10. The first-order valence-corrected chi connectivity index (χ1v) is 8.25. The van der Waals surface area contributed by atoms with Crippen LogP contribution in [0.1, 0.15) is 16.5 Å². The highest BCUT2D eigenvalue weighted by atomic mass is 32.1. The number of alkyl halides is 3. The summed E-state index contributed by atoms with van der Waals surface area (Å²) in [5.41, 5.74) is 0.976. The molecule has 1 aromatic carbocycles. The van der Waals surface area contributed by atoms with Gasteiger partial charge in [0.05, 0.1) is 6.04 Å². The predicted octanol–water partition coefficient (Wildman–Crippen LogP) is 3.64. The number of rotatable bonds is 4. The molecule has 1 saturated heterocycles. The van der Waals surface area contributed by atoms with E-state index in [0.717, 1.165) is 31.7 Å². The SMILES string of the molecule is FC(F)(F)Oc1ccc([C@@H](c2cccs2)N2CCNCC2)cc1. The number of ether oxygens (including phenoxy) is 1. The molecule has 0 amide bonds. The second kappa shape index (κ2) is 6.90. The third kappa shape index (κ3) is 4.25. The van der Waals surface area contributed by atoms with Crippen LogP contribution in [-0.2, 0) is 0 Å². The summed E-state index contributed by atoms with van der Waals surface area (Å²) in [6, 6.07) is 10.3. The molecule has 0 bridgehead atoms. The number of thiophene rings is 1. The number of hydrogen-bond donors (Lipinski definition) is 1. The van der Waals surface area contributed by atoms with Gasteiger partial charge in [-0.25, -0.2) is 0 Å². The second-order valence-corrected chi connectivity index (χ2v) is 6.30. The van der Waals surface area contributed by atoms with Crippen LogP contribution in [0.5, 0.6) is 5.75 Å². The first-order chi connectivity index (χ1) is 11.0. The van der Waals surface area contributed by atoms with Crippen molar-refractivity contribution in [1.82, 2.24) is 10.2 Å². The first-order valence-electron chi connectivity index (χ1n) is 7.37. The Labute approximate surface area is 136 Å². The molecular weight excluding hydrogens is 325 g/mol. The van der Waals surface area contributed by atoms with E-state index < -0.39 is 6.36 Å². The Hall–Kier alpha value is -1.57. The fourth-order valence-corrected chi connectivity index (χ4v) is 3.68. The molecule has 2 aromatic rings. The molecular formula is C16H17F3N2OS. The van der Waals surface area contributed by atoms with E-state index in [-0.39, 0.29) is 11.8 Å². The number of hydrogen-bond acceptors (Lipinski definition) is 4. The number of piperazine rings is 1. The molecule has 1 aromatic heterocycles. The van der Waals surface area contributed by atoms with Crippen molar-refractivity contribution in [2.45, 2.75) is 12.4 Å². The molecule has 2 heterocycles. The van der Waals surface area contributed by atoms with Crippen LogP contribution in [0.4, 0.5) is 13.2 Å². The summed E-state index contributed by atoms with van der Waals surface area (Å²) in [4.78, 5) is 3.54. The Morgan fingerprint density at radius 1 is 1.09 bits per heavy atom. The smallest absolute Gasteiger partial charge is 0.406 e. The Balaban J connectivity index is 1.84. The summed E-state index contributed by atoms with van der Waals surface area (Å²) in [5, 5.41) is 5.34. The van der Waals surface area contributed by atoms with Crippen molar-refractivity contribution < 1.29 is 17.9 Å². The van der Waals surface area contributed by atoms with E-state index in [4.69, 9.17) is 0 Å². The Morgan fingerprint density at radius 3 is 2.35 bits per heavy atom. The van der Waals surface area contributed by atoms with E-state index in [1.807, 2.05) is 11.4 Å². The molecule has 3 nitrogen and oxygen atoms in total. The van der Waals surface area contributed by atoms with Crippen LogP contribution in [0.15, 0.2) is 41.8 Å². The highest BCUT2D eigenvalue weighted by Gasteiger charge is 2.31. The van der Waals surface area contributed by atoms with Gasteiger partial charge in [0.1, 0.15) is 5.75 Å². The Morgan fingerprint density at radius 2 is 1.78 bits per heavy atom. The van der Waals surface area contributed by atoms with Crippen LogP contribution in [-0.4, -0.2) is 37.4 Å². The molecule has 1 fully saturated rings. The molecule has 0 radical (unpaired) electrons. The van der Waals surface area contributed by atoms with Gasteiger partial charge in [0.25, 0.3) is 0 Å². The minimum absolute atomic E-state index is 0.0667. The molecule has 23 heavy (non-hydrogen) atoms. The van der Waals surface area contributed by atoms with E-state index >= 15 is 0 Å². The van der Waals surface area contributed by atoms with Crippen molar-refractivity contribution in [3.8, 4) is 5.75 Å². The van der Waals surface area contributed by atoms with Crippen molar-refractivity contribution in [3.05, 3.63) is 52.2 Å². The van der Waals surface area contributed by atoms with Gasteiger partial charge in [-0.1, -0.05) is 18.2 Å². The number of nitrogens with zero attached hydrogens (tertiary/aromatic N) is 1. The van der Waals surface area contributed by atoms with Gasteiger partial charge in [-0.3, -0.25) is 4.90 Å². The van der Waals surface area contributed by atoms with Gasteiger partial charge in [-0.15, -0.1) is 24.5 Å². The molecule has 1 N–H and O–H groups in total. The topological polar surface area (TPSA) is 24.5 Å². The molecule has 7 heteroatoms. The van der Waals surface area contributed by atoms with Crippen LogP contribution in [0.25, 0.3) is 0 Å². The fourth-order valence-electron chi connectivity index (χ4n) is 2.79. The summed E-state index contributed by atoms with van der Waals surface area (Å²) >= 11 is 1.66. The lowest BCUT2D eigenvalue weighted by atomic mass is 10.0. The Bertz CT molecular complexity index is 607. The molecule has 0 aliphatic carbocycles. The van der Waals surface area contributed by atoms with Crippen LogP contribution >= 0.6 is 11.3 Å². The second-order valence-electron chi connectivity index (χ2n) is 5.32. The summed E-state index contributed by atoms with van der Waals surface area (Å²) in [7, 11) is 0. The maximum Gasteiger partial charge on any atom is 0.573 e. The summed E-state index contributed by atoms with van der Waals surface area (Å²) in [6.45, 7) is 3.64. The van der Waals surface area contributed by atoms with Crippen LogP contribution < -0.4 is 10.1 Å². The van der Waals surface area contributed by atoms with Gasteiger partial charge in [-0.05, 0) is 29.1 Å². The number of benzene rings is 1. The standard InChI is InChI=1S/C16H17F3N2OS/c17-16(18,19)22-13-5-3-12(4-6-13)15(14-2-1-11-23-14)21-9-7-20-8-10-21/h1-6,11,15,20H,7-10H2/t15-/m0/s1. The summed E-state index contributed by atoms with van der Waals surface area (Å²) < 4.78 is 40.8. The molecule has 0 saturated carbocycles. The molecule has 124 valence electrons. The Kier molecular flexibility index (Phi) is 4.89. The molecule has 1 aliphatic heterocycles. The number of nitrogens with one attached hydrogen (secondary N) is 1. The molecule has 1 aliphatic rings. The zero-order valence-electron chi connectivity index (χ0n) is 12.3. The van der Waals surface area contributed by atoms with Crippen molar-refractivity contribution in [1.29, 1.82) is 0 Å². The lowest BCUT2D eigenvalue weighted by Gasteiger charge is -2.34. The minimum atomic E-state index is -4.66. The van der Waals surface area contributed by atoms with E-state index in [0.29, 0.717) is 0 Å². The predicted molar refractivity (Wildman–Crippen MR) is 83.7 cm³/mol. The van der Waals surface area contributed by atoms with Crippen molar-refractivity contribution in [3.63, 3.8) is 0 Å². The van der Waals surface area contributed by atoms with Gasteiger partial charge in [-0.2, -0.15) is 0 Å². The lowest BCUT2D eigenvalue weighted by Crippen LogP contribution is -2.45. The van der Waals surface area contributed by atoms with Gasteiger partial charge in [0.15, 0.2) is 0 Å². The van der Waals surface area contributed by atoms with E-state index in [1.54, 1.807) is 23.5 Å². The monoisotopic (exact) mass is 342 g/mol. The molecule has 3 rings (SSSR count). The number of halogens is 3. The van der Waals surface area contributed by atoms with Gasteiger partial charge in [0.2, 0.25) is 0 Å². The van der Waals surface area contributed by atoms with Crippen molar-refractivity contribution in [2.75, 3.05) is 26.2 Å². The van der Waals surface area contributed by atoms with Crippen LogP contribution in [0.3, 0.4) is 0 Å². The zero-order valence-corrected chi connectivity index (χ0v) is 13.2. The minimum Gasteiger partial charge on any atom is -0.406 e. The van der Waals surface area contributed by atoms with Crippen LogP contribution in [0.2, 0.25) is 0 Å². The molecule has 0 unspecified atom stereocenters. The largest absolute Gasteiger partial charge is 0.573 e. The van der Waals surface area contributed by atoms with E-state index in [9.17, 15) is 13.2 Å². The molecule has 1 atom stereocenters. The quantitative estimate of drug-likeness (QED) is 0.918.